The molecule has 4 aromatic rings. The summed E-state index contributed by atoms with van der Waals surface area (Å²) in [6.07, 6.45) is 3.48. The molecule has 0 radical (unpaired) electrons. The number of nitrogens with one attached hydrogen (secondary N) is 1. The van der Waals surface area contributed by atoms with Gasteiger partial charge >= 0.3 is 0 Å². The molecule has 0 aliphatic rings. The number of aromatic nitrogens is 2. The Balaban J connectivity index is 1.59. The molecule has 2 heterocycles. The van der Waals surface area contributed by atoms with Crippen molar-refractivity contribution in [3.63, 3.8) is 0 Å². The van der Waals surface area contributed by atoms with Crippen LogP contribution in [0, 0.1) is 0 Å². The van der Waals surface area contributed by atoms with Crippen LogP contribution < -0.4 is 5.32 Å². The molecule has 4 rings (SSSR count). The Morgan fingerprint density at radius 3 is 2.54 bits per heavy atom. The van der Waals surface area contributed by atoms with Crippen LogP contribution in [0.15, 0.2) is 72.4 Å². The first-order chi connectivity index (χ1) is 11.8. The van der Waals surface area contributed by atoms with Crippen molar-refractivity contribution >= 4 is 33.8 Å². The summed E-state index contributed by atoms with van der Waals surface area (Å²) in [4.78, 5) is 21.2. The van der Waals surface area contributed by atoms with E-state index in [1.807, 2.05) is 53.9 Å². The van der Waals surface area contributed by atoms with E-state index in [0.717, 1.165) is 21.6 Å². The summed E-state index contributed by atoms with van der Waals surface area (Å²) in [7, 11) is 0. The van der Waals surface area contributed by atoms with Crippen LogP contribution in [0.5, 0.6) is 0 Å². The van der Waals surface area contributed by atoms with E-state index in [1.165, 1.54) is 0 Å². The number of carbonyl (C=O) groups is 1. The molecule has 1 amide bonds. The Kier molecular flexibility index (Phi) is 3.76. The maximum Gasteiger partial charge on any atom is 0.257 e. The average molecular weight is 331 g/mol. The highest BCUT2D eigenvalue weighted by Crippen LogP contribution is 2.24. The van der Waals surface area contributed by atoms with Crippen LogP contribution in [0.4, 0.5) is 5.69 Å². The van der Waals surface area contributed by atoms with Gasteiger partial charge in [-0.15, -0.1) is 11.3 Å². The van der Waals surface area contributed by atoms with Crippen LogP contribution in [-0.4, -0.2) is 15.9 Å². The van der Waals surface area contributed by atoms with Gasteiger partial charge in [-0.1, -0.05) is 18.2 Å². The first kappa shape index (κ1) is 14.5. The van der Waals surface area contributed by atoms with Gasteiger partial charge < -0.3 is 5.32 Å². The van der Waals surface area contributed by atoms with Gasteiger partial charge in [-0.05, 0) is 36.4 Å². The summed E-state index contributed by atoms with van der Waals surface area (Å²) in [5.41, 5.74) is 3.05. The fraction of sp³-hybridized carbons (Fsp3) is 0. The molecule has 116 valence electrons. The molecule has 1 N–H and O–H groups in total. The van der Waals surface area contributed by atoms with E-state index >= 15 is 0 Å². The van der Waals surface area contributed by atoms with Crippen molar-refractivity contribution in [1.82, 2.24) is 9.97 Å². The van der Waals surface area contributed by atoms with Crippen molar-refractivity contribution in [3.8, 4) is 10.6 Å². The highest BCUT2D eigenvalue weighted by molar-refractivity contribution is 7.13. The quantitative estimate of drug-likeness (QED) is 0.596. The molecule has 2 aromatic carbocycles. The molecular formula is C19H13N3OS. The Labute approximate surface area is 142 Å². The topological polar surface area (TPSA) is 54.9 Å². The second kappa shape index (κ2) is 6.22. The largest absolute Gasteiger partial charge is 0.322 e. The van der Waals surface area contributed by atoms with Crippen molar-refractivity contribution in [2.45, 2.75) is 0 Å². The third-order valence-electron chi connectivity index (χ3n) is 3.70. The smallest absolute Gasteiger partial charge is 0.257 e. The Morgan fingerprint density at radius 1 is 0.917 bits per heavy atom. The van der Waals surface area contributed by atoms with Crippen LogP contribution in [-0.2, 0) is 0 Å². The number of fused-ring (bicyclic) bond motifs is 1. The van der Waals surface area contributed by atoms with Crippen LogP contribution in [0.1, 0.15) is 10.4 Å². The second-order valence-electron chi connectivity index (χ2n) is 5.25. The molecule has 0 aliphatic heterocycles. The van der Waals surface area contributed by atoms with Gasteiger partial charge in [0.05, 0.1) is 11.1 Å². The fourth-order valence-electron chi connectivity index (χ4n) is 2.55. The molecule has 0 aliphatic carbocycles. The zero-order chi connectivity index (χ0) is 16.4. The molecule has 0 bridgehead atoms. The molecule has 0 saturated heterocycles. The number of rotatable bonds is 3. The van der Waals surface area contributed by atoms with Gasteiger partial charge in [0, 0.05) is 34.4 Å². The third kappa shape index (κ3) is 2.77. The van der Waals surface area contributed by atoms with E-state index in [4.69, 9.17) is 0 Å². The van der Waals surface area contributed by atoms with Crippen LogP contribution in [0.25, 0.3) is 21.5 Å². The number of thiazole rings is 1. The van der Waals surface area contributed by atoms with Crippen molar-refractivity contribution in [2.24, 2.45) is 0 Å². The van der Waals surface area contributed by atoms with Crippen molar-refractivity contribution in [2.75, 3.05) is 5.32 Å². The number of pyridine rings is 1. The number of benzene rings is 2. The highest BCUT2D eigenvalue weighted by Gasteiger charge is 2.11. The Hall–Kier alpha value is -3.05. The van der Waals surface area contributed by atoms with Gasteiger partial charge in [0.1, 0.15) is 5.01 Å². The third-order valence-corrected chi connectivity index (χ3v) is 4.52. The number of carbonyl (C=O) groups excluding carboxylic acids is 1. The number of nitrogens with zero attached hydrogens (tertiary/aromatic N) is 2. The lowest BCUT2D eigenvalue weighted by molar-refractivity contribution is 0.102. The van der Waals surface area contributed by atoms with E-state index in [0.29, 0.717) is 11.1 Å². The molecule has 24 heavy (non-hydrogen) atoms. The van der Waals surface area contributed by atoms with Gasteiger partial charge in [-0.25, -0.2) is 4.98 Å². The van der Waals surface area contributed by atoms with Crippen LogP contribution in [0.2, 0.25) is 0 Å². The minimum atomic E-state index is -0.165. The summed E-state index contributed by atoms with van der Waals surface area (Å²) in [6.45, 7) is 0. The zero-order valence-electron chi connectivity index (χ0n) is 12.6. The molecule has 5 heteroatoms. The number of anilines is 1. The van der Waals surface area contributed by atoms with E-state index < -0.39 is 0 Å². The lowest BCUT2D eigenvalue weighted by Gasteiger charge is -2.08. The summed E-state index contributed by atoms with van der Waals surface area (Å²) in [6, 6.07) is 17.1. The highest BCUT2D eigenvalue weighted by atomic mass is 32.1. The monoisotopic (exact) mass is 331 g/mol. The van der Waals surface area contributed by atoms with Crippen molar-refractivity contribution < 1.29 is 4.79 Å². The number of hydrogen-bond donors (Lipinski definition) is 1. The van der Waals surface area contributed by atoms with Crippen molar-refractivity contribution in [3.05, 3.63) is 77.9 Å². The summed E-state index contributed by atoms with van der Waals surface area (Å²) in [5, 5.41) is 6.78. The number of para-hydroxylation sites is 1. The summed E-state index contributed by atoms with van der Waals surface area (Å²) < 4.78 is 0. The van der Waals surface area contributed by atoms with Gasteiger partial charge in [-0.3, -0.25) is 9.78 Å². The maximum absolute atomic E-state index is 12.6. The predicted octanol–water partition coefficient (Wildman–Crippen LogP) is 4.61. The standard InChI is InChI=1S/C19H13N3OS/c23-18(16-5-1-3-13-4-2-10-20-17(13)16)22-15-8-6-14(7-9-15)19-21-11-12-24-19/h1-12H,(H,22,23). The fourth-order valence-corrected chi connectivity index (χ4v) is 3.19. The molecule has 0 fully saturated rings. The minimum absolute atomic E-state index is 0.165. The molecule has 0 atom stereocenters. The molecule has 0 unspecified atom stereocenters. The van der Waals surface area contributed by atoms with E-state index in [9.17, 15) is 4.79 Å². The molecule has 4 nitrogen and oxygen atoms in total. The molecular weight excluding hydrogens is 318 g/mol. The van der Waals surface area contributed by atoms with Gasteiger partial charge in [0.15, 0.2) is 0 Å². The molecule has 2 aromatic heterocycles. The van der Waals surface area contributed by atoms with E-state index in [1.54, 1.807) is 29.8 Å². The summed E-state index contributed by atoms with van der Waals surface area (Å²) >= 11 is 1.59. The van der Waals surface area contributed by atoms with Crippen LogP contribution in [0.3, 0.4) is 0 Å². The Morgan fingerprint density at radius 2 is 1.75 bits per heavy atom. The minimum Gasteiger partial charge on any atom is -0.322 e. The van der Waals surface area contributed by atoms with Gasteiger partial charge in [0.25, 0.3) is 5.91 Å². The number of hydrogen-bond acceptors (Lipinski definition) is 4. The molecule has 0 spiro atoms. The van der Waals surface area contributed by atoms with E-state index in [2.05, 4.69) is 15.3 Å². The Bertz CT molecular complexity index is 989. The van der Waals surface area contributed by atoms with Gasteiger partial charge in [-0.2, -0.15) is 0 Å². The average Bonchev–Trinajstić information content (AvgIpc) is 3.16. The first-order valence-electron chi connectivity index (χ1n) is 7.46. The lowest BCUT2D eigenvalue weighted by Crippen LogP contribution is -2.12. The SMILES string of the molecule is O=C(Nc1ccc(-c2nccs2)cc1)c1cccc2cccnc12. The lowest BCUT2D eigenvalue weighted by atomic mass is 10.1. The first-order valence-corrected chi connectivity index (χ1v) is 8.34. The maximum atomic E-state index is 12.6. The predicted molar refractivity (Wildman–Crippen MR) is 97.2 cm³/mol. The van der Waals surface area contributed by atoms with Crippen molar-refractivity contribution in [1.29, 1.82) is 0 Å². The second-order valence-corrected chi connectivity index (χ2v) is 6.14. The van der Waals surface area contributed by atoms with Crippen LogP contribution >= 0.6 is 11.3 Å². The summed E-state index contributed by atoms with van der Waals surface area (Å²) in [5.74, 6) is -0.165. The number of amides is 1. The van der Waals surface area contributed by atoms with E-state index in [-0.39, 0.29) is 5.91 Å². The van der Waals surface area contributed by atoms with Gasteiger partial charge in [0.2, 0.25) is 0 Å². The normalized spacial score (nSPS) is 10.7. The molecule has 0 saturated carbocycles. The zero-order valence-corrected chi connectivity index (χ0v) is 13.5.